The summed E-state index contributed by atoms with van der Waals surface area (Å²) < 4.78 is 4.92. The van der Waals surface area contributed by atoms with Crippen LogP contribution in [-0.2, 0) is 4.43 Å². The van der Waals surface area contributed by atoms with Crippen molar-refractivity contribution in [3.8, 4) is 0 Å². The Morgan fingerprint density at radius 2 is 2.43 bits per heavy atom. The summed E-state index contributed by atoms with van der Waals surface area (Å²) in [6.45, 7) is 0.888. The molecule has 0 aromatic rings. The Morgan fingerprint density at radius 1 is 1.71 bits per heavy atom. The molecule has 0 saturated carbocycles. The largest absolute Gasteiger partial charge is 0.428 e. The van der Waals surface area contributed by atoms with Crippen LogP contribution < -0.4 is 0 Å². The van der Waals surface area contributed by atoms with Gasteiger partial charge in [-0.2, -0.15) is 0 Å². The highest BCUT2D eigenvalue weighted by Crippen LogP contribution is 1.82. The van der Waals surface area contributed by atoms with E-state index in [2.05, 4.69) is 12.2 Å². The van der Waals surface area contributed by atoms with E-state index in [-0.39, 0.29) is 0 Å². The molecule has 0 atom stereocenters. The molecule has 3 heteroatoms. The van der Waals surface area contributed by atoms with Crippen molar-refractivity contribution in [2.75, 3.05) is 6.61 Å². The number of hydrogen-bond donors (Lipinski definition) is 0. The van der Waals surface area contributed by atoms with E-state index in [9.17, 15) is 0 Å². The summed E-state index contributed by atoms with van der Waals surface area (Å²) in [4.78, 5) is 0. The molecule has 0 spiro atoms. The molecule has 0 rings (SSSR count). The maximum atomic E-state index is 4.92. The summed E-state index contributed by atoms with van der Waals surface area (Å²) in [5.74, 6) is 0. The van der Waals surface area contributed by atoms with E-state index in [1.54, 1.807) is 5.37 Å². The zero-order chi connectivity index (χ0) is 5.54. The van der Waals surface area contributed by atoms with Crippen LogP contribution in [0.2, 0.25) is 0 Å². The highest BCUT2D eigenvalue weighted by Gasteiger charge is 1.77. The van der Waals surface area contributed by atoms with Gasteiger partial charge in [-0.05, 0) is 18.2 Å². The van der Waals surface area contributed by atoms with Gasteiger partial charge in [0.15, 0.2) is 0 Å². The summed E-state index contributed by atoms with van der Waals surface area (Å²) in [5, 5.41) is 1.75. The second-order valence-electron chi connectivity index (χ2n) is 1.30. The van der Waals surface area contributed by atoms with E-state index in [1.165, 1.54) is 0 Å². The molecular weight excluding hydrogens is 124 g/mol. The number of thiocarbonyl (C=S) groups is 1. The van der Waals surface area contributed by atoms with Gasteiger partial charge in [0.25, 0.3) is 0 Å². The first kappa shape index (κ1) is 7.27. The van der Waals surface area contributed by atoms with Gasteiger partial charge in [-0.15, -0.1) is 0 Å². The van der Waals surface area contributed by atoms with Crippen LogP contribution in [0.1, 0.15) is 12.8 Å². The third kappa shape index (κ3) is 6.27. The summed E-state index contributed by atoms with van der Waals surface area (Å²) in [6, 6.07) is 0. The quantitative estimate of drug-likeness (QED) is 0.305. The zero-order valence-electron chi connectivity index (χ0n) is 4.52. The predicted molar refractivity (Wildman–Crippen MR) is 38.8 cm³/mol. The van der Waals surface area contributed by atoms with Crippen molar-refractivity contribution in [1.29, 1.82) is 0 Å². The lowest BCUT2D eigenvalue weighted by Gasteiger charge is -1.90. The van der Waals surface area contributed by atoms with Crippen LogP contribution in [0.4, 0.5) is 0 Å². The van der Waals surface area contributed by atoms with Gasteiger partial charge in [0.1, 0.15) is 10.5 Å². The lowest BCUT2D eigenvalue weighted by Crippen LogP contribution is -1.88. The number of hydrogen-bond acceptors (Lipinski definition) is 2. The molecule has 0 aliphatic carbocycles. The van der Waals surface area contributed by atoms with E-state index in [1.807, 2.05) is 0 Å². The minimum Gasteiger partial charge on any atom is -0.428 e. The van der Waals surface area contributed by atoms with Crippen LogP contribution in [0.15, 0.2) is 0 Å². The molecule has 0 radical (unpaired) electrons. The van der Waals surface area contributed by atoms with Gasteiger partial charge in [-0.3, -0.25) is 0 Å². The lowest BCUT2D eigenvalue weighted by molar-refractivity contribution is 0.345. The molecular formula is C4H10OSSi. The van der Waals surface area contributed by atoms with Gasteiger partial charge in [0.2, 0.25) is 0 Å². The van der Waals surface area contributed by atoms with Gasteiger partial charge in [-0.1, -0.05) is 12.2 Å². The van der Waals surface area contributed by atoms with Gasteiger partial charge in [0.05, 0.1) is 0 Å². The molecule has 0 amide bonds. The maximum absolute atomic E-state index is 4.92. The molecule has 42 valence electrons. The smallest absolute Gasteiger partial charge is 0.145 e. The van der Waals surface area contributed by atoms with E-state index in [4.69, 9.17) is 4.43 Å². The lowest BCUT2D eigenvalue weighted by atomic mass is 10.4. The normalized spacial score (nSPS) is 9.14. The molecule has 0 heterocycles. The molecule has 0 aromatic heterocycles. The van der Waals surface area contributed by atoms with Gasteiger partial charge >= 0.3 is 0 Å². The third-order valence-electron chi connectivity index (χ3n) is 0.670. The van der Waals surface area contributed by atoms with Crippen LogP contribution in [0, 0.1) is 0 Å². The Balaban J connectivity index is 2.56. The summed E-state index contributed by atoms with van der Waals surface area (Å²) in [7, 11) is 0.858. The Bertz CT molecular complexity index is 49.0. The minimum absolute atomic E-state index is 0.858. The second kappa shape index (κ2) is 6.27. The third-order valence-corrected chi connectivity index (χ3v) is 1.31. The van der Waals surface area contributed by atoms with Crippen LogP contribution in [0.5, 0.6) is 0 Å². The standard InChI is InChI=1S/C4H10OSSi/c6-4-2-1-3-5-7/h4H,1-3H2,7H3. The molecule has 0 aromatic carbocycles. The summed E-state index contributed by atoms with van der Waals surface area (Å²) >= 11 is 4.60. The Kier molecular flexibility index (Phi) is 6.51. The minimum atomic E-state index is 0.858. The van der Waals surface area contributed by atoms with Crippen molar-refractivity contribution < 1.29 is 4.43 Å². The van der Waals surface area contributed by atoms with Gasteiger partial charge in [0, 0.05) is 6.61 Å². The van der Waals surface area contributed by atoms with Crippen LogP contribution >= 0.6 is 12.2 Å². The summed E-state index contributed by atoms with van der Waals surface area (Å²) in [6.07, 6.45) is 2.10. The van der Waals surface area contributed by atoms with Gasteiger partial charge in [-0.25, -0.2) is 0 Å². The SMILES string of the molecule is [SiH3]OCCCC=S. The fraction of sp³-hybridized carbons (Fsp3) is 0.750. The van der Waals surface area contributed by atoms with E-state index < -0.39 is 0 Å². The van der Waals surface area contributed by atoms with Crippen LogP contribution in [0.3, 0.4) is 0 Å². The van der Waals surface area contributed by atoms with E-state index >= 15 is 0 Å². The Hall–Kier alpha value is 0.267. The summed E-state index contributed by atoms with van der Waals surface area (Å²) in [5.41, 5.74) is 0. The van der Waals surface area contributed by atoms with Crippen molar-refractivity contribution in [1.82, 2.24) is 0 Å². The fourth-order valence-corrected chi connectivity index (χ4v) is 0.766. The molecule has 0 aliphatic heterocycles. The molecule has 0 fully saturated rings. The number of rotatable bonds is 4. The molecule has 0 unspecified atom stereocenters. The van der Waals surface area contributed by atoms with Crippen LogP contribution in [0.25, 0.3) is 0 Å². The first-order valence-electron chi connectivity index (χ1n) is 2.34. The van der Waals surface area contributed by atoms with Crippen molar-refractivity contribution in [3.05, 3.63) is 0 Å². The van der Waals surface area contributed by atoms with Crippen molar-refractivity contribution in [2.24, 2.45) is 0 Å². The Morgan fingerprint density at radius 3 is 2.86 bits per heavy atom. The van der Waals surface area contributed by atoms with Crippen molar-refractivity contribution >= 4 is 28.1 Å². The highest BCUT2D eigenvalue weighted by molar-refractivity contribution is 7.78. The molecule has 0 aliphatic rings. The average Bonchev–Trinajstić information content (AvgIpc) is 1.69. The van der Waals surface area contributed by atoms with Gasteiger partial charge < -0.3 is 4.43 Å². The monoisotopic (exact) mass is 134 g/mol. The topological polar surface area (TPSA) is 9.23 Å². The highest BCUT2D eigenvalue weighted by atomic mass is 32.1. The molecule has 0 bridgehead atoms. The Labute approximate surface area is 52.6 Å². The first-order valence-corrected chi connectivity index (χ1v) is 3.63. The number of unbranched alkanes of at least 4 members (excludes halogenated alkanes) is 1. The van der Waals surface area contributed by atoms with E-state index in [0.29, 0.717) is 0 Å². The maximum Gasteiger partial charge on any atom is 0.145 e. The zero-order valence-corrected chi connectivity index (χ0v) is 7.33. The van der Waals surface area contributed by atoms with Crippen molar-refractivity contribution in [3.63, 3.8) is 0 Å². The molecule has 0 N–H and O–H groups in total. The van der Waals surface area contributed by atoms with Crippen molar-refractivity contribution in [2.45, 2.75) is 12.8 Å². The second-order valence-corrected chi connectivity index (χ2v) is 2.21. The fourth-order valence-electron chi connectivity index (χ4n) is 0.311. The molecule has 7 heavy (non-hydrogen) atoms. The molecule has 0 saturated heterocycles. The van der Waals surface area contributed by atoms with Crippen LogP contribution in [-0.4, -0.2) is 22.5 Å². The van der Waals surface area contributed by atoms with E-state index in [0.717, 1.165) is 29.9 Å². The first-order chi connectivity index (χ1) is 3.41. The average molecular weight is 134 g/mol. The predicted octanol–water partition coefficient (Wildman–Crippen LogP) is 0.0633. The molecule has 1 nitrogen and oxygen atoms in total.